The monoisotopic (exact) mass is 637 g/mol. The molecule has 0 radical (unpaired) electrons. The van der Waals surface area contributed by atoms with Gasteiger partial charge in [-0.25, -0.2) is 0 Å². The lowest BCUT2D eigenvalue weighted by Gasteiger charge is -2.35. The third-order valence-electron chi connectivity index (χ3n) is 8.23. The fraction of sp³-hybridized carbons (Fsp3) is 0.970. The Morgan fingerprint density at radius 1 is 0.791 bits per heavy atom. The van der Waals surface area contributed by atoms with Crippen LogP contribution in [0.3, 0.4) is 0 Å². The largest absolute Gasteiger partial charge is 0.756 e. The minimum Gasteiger partial charge on any atom is -0.756 e. The maximum Gasteiger partial charge on any atom is 0.303 e. The van der Waals surface area contributed by atoms with Gasteiger partial charge in [0, 0.05) is 13.0 Å². The number of carbonyl (C=O) groups is 1. The number of nitrogens with zero attached hydrogens (tertiary/aromatic N) is 1. The number of aliphatic hydroxyl groups is 1. The van der Waals surface area contributed by atoms with Crippen molar-refractivity contribution in [1.82, 2.24) is 0 Å². The molecule has 0 aromatic rings. The van der Waals surface area contributed by atoms with Gasteiger partial charge in [-0.3, -0.25) is 9.36 Å². The molecular formula is C33H68NO8P. The van der Waals surface area contributed by atoms with E-state index in [1.54, 1.807) is 0 Å². The standard InChI is InChI=1S/C33H68NO8P/c1-7-9-11-13-14-15-16-17-19-23-30(29(3)22-18-12-10-8-2)33(37)31(40-26-21-20-24-32(35)36)28-42-43(38,39)41-27-25-34(4,5)6/h29-31,33,37H,7-28H2,1-6H3,(H-,35,36,38,39). The van der Waals surface area contributed by atoms with Gasteiger partial charge >= 0.3 is 5.97 Å². The van der Waals surface area contributed by atoms with Crippen molar-refractivity contribution in [3.63, 3.8) is 0 Å². The maximum absolute atomic E-state index is 12.5. The summed E-state index contributed by atoms with van der Waals surface area (Å²) in [6.07, 6.45) is 16.7. The van der Waals surface area contributed by atoms with E-state index in [9.17, 15) is 19.4 Å². The zero-order valence-electron chi connectivity index (χ0n) is 28.6. The Labute approximate surface area is 264 Å². The van der Waals surface area contributed by atoms with E-state index in [1.807, 2.05) is 21.1 Å². The zero-order valence-corrected chi connectivity index (χ0v) is 29.5. The number of quaternary nitrogens is 1. The third kappa shape index (κ3) is 25.4. The Morgan fingerprint density at radius 2 is 1.33 bits per heavy atom. The smallest absolute Gasteiger partial charge is 0.303 e. The molecule has 5 atom stereocenters. The van der Waals surface area contributed by atoms with Crippen molar-refractivity contribution < 1.29 is 42.7 Å². The van der Waals surface area contributed by atoms with Crippen molar-refractivity contribution in [1.29, 1.82) is 0 Å². The Hall–Kier alpha value is -0.540. The lowest BCUT2D eigenvalue weighted by atomic mass is 9.79. The van der Waals surface area contributed by atoms with Gasteiger partial charge in [-0.15, -0.1) is 0 Å². The molecule has 0 rings (SSSR count). The van der Waals surface area contributed by atoms with Crippen molar-refractivity contribution in [3.8, 4) is 0 Å². The summed E-state index contributed by atoms with van der Waals surface area (Å²) < 4.78 is 29.4. The number of unbranched alkanes of at least 4 members (excludes halogenated alkanes) is 12. The summed E-state index contributed by atoms with van der Waals surface area (Å²) in [5.74, 6) is -0.668. The molecule has 0 heterocycles. The highest BCUT2D eigenvalue weighted by molar-refractivity contribution is 7.45. The fourth-order valence-corrected chi connectivity index (χ4v) is 6.06. The van der Waals surface area contributed by atoms with Crippen LogP contribution < -0.4 is 4.89 Å². The predicted octanol–water partition coefficient (Wildman–Crippen LogP) is 7.34. The van der Waals surface area contributed by atoms with Gasteiger partial charge in [-0.1, -0.05) is 111 Å². The van der Waals surface area contributed by atoms with Gasteiger partial charge in [0.15, 0.2) is 0 Å². The second kappa shape index (κ2) is 25.6. The molecule has 0 aliphatic rings. The van der Waals surface area contributed by atoms with Gasteiger partial charge in [-0.05, 0) is 31.1 Å². The number of carboxylic acid groups (broad SMARTS) is 1. The minimum atomic E-state index is -4.58. The quantitative estimate of drug-likeness (QED) is 0.0460. The van der Waals surface area contributed by atoms with E-state index in [2.05, 4.69) is 20.8 Å². The zero-order chi connectivity index (χ0) is 32.6. The minimum absolute atomic E-state index is 0.00354. The van der Waals surface area contributed by atoms with E-state index < -0.39 is 26.0 Å². The summed E-state index contributed by atoms with van der Waals surface area (Å²) >= 11 is 0. The molecule has 2 N–H and O–H groups in total. The van der Waals surface area contributed by atoms with Crippen LogP contribution in [0.15, 0.2) is 0 Å². The summed E-state index contributed by atoms with van der Waals surface area (Å²) in [6, 6.07) is 0. The number of likely N-dealkylation sites (N-methyl/N-ethyl adjacent to an activating group) is 1. The highest BCUT2D eigenvalue weighted by Gasteiger charge is 2.33. The van der Waals surface area contributed by atoms with E-state index >= 15 is 0 Å². The first-order valence-electron chi connectivity index (χ1n) is 17.2. The van der Waals surface area contributed by atoms with Gasteiger partial charge in [-0.2, -0.15) is 0 Å². The van der Waals surface area contributed by atoms with E-state index in [1.165, 1.54) is 57.8 Å². The van der Waals surface area contributed by atoms with Crippen LogP contribution in [-0.2, 0) is 23.1 Å². The normalized spacial score (nSPS) is 16.5. The van der Waals surface area contributed by atoms with Crippen molar-refractivity contribution >= 4 is 13.8 Å². The molecule has 43 heavy (non-hydrogen) atoms. The van der Waals surface area contributed by atoms with Gasteiger partial charge in [0.05, 0.1) is 33.9 Å². The van der Waals surface area contributed by atoms with E-state index in [0.29, 0.717) is 23.9 Å². The van der Waals surface area contributed by atoms with Crippen LogP contribution in [0.25, 0.3) is 0 Å². The van der Waals surface area contributed by atoms with Crippen molar-refractivity contribution in [3.05, 3.63) is 0 Å². The summed E-state index contributed by atoms with van der Waals surface area (Å²) in [7, 11) is 1.26. The molecule has 258 valence electrons. The summed E-state index contributed by atoms with van der Waals surface area (Å²) in [6.45, 7) is 7.00. The third-order valence-corrected chi connectivity index (χ3v) is 9.19. The van der Waals surface area contributed by atoms with Crippen LogP contribution in [0.4, 0.5) is 0 Å². The molecule has 0 aromatic carbocycles. The number of aliphatic hydroxyl groups excluding tert-OH is 1. The SMILES string of the molecule is CCCCCCCCCCCC(C(C)CCCCCC)C(O)C(COP(=O)([O-])OCC[N+](C)(C)C)OCCCCC(=O)O. The summed E-state index contributed by atoms with van der Waals surface area (Å²) in [5.41, 5.74) is 0. The van der Waals surface area contributed by atoms with Crippen molar-refractivity contribution in [2.24, 2.45) is 11.8 Å². The Morgan fingerprint density at radius 3 is 1.88 bits per heavy atom. The Kier molecular flexibility index (Phi) is 25.3. The van der Waals surface area contributed by atoms with Crippen molar-refractivity contribution in [2.75, 3.05) is 47.5 Å². The lowest BCUT2D eigenvalue weighted by Crippen LogP contribution is -2.42. The van der Waals surface area contributed by atoms with Crippen LogP contribution in [0.1, 0.15) is 136 Å². The van der Waals surface area contributed by atoms with Crippen LogP contribution in [0.2, 0.25) is 0 Å². The average Bonchev–Trinajstić information content (AvgIpc) is 2.92. The number of hydrogen-bond donors (Lipinski definition) is 2. The number of aliphatic carboxylic acids is 1. The molecule has 0 saturated carbocycles. The summed E-state index contributed by atoms with van der Waals surface area (Å²) in [4.78, 5) is 23.4. The van der Waals surface area contributed by atoms with E-state index in [0.717, 1.165) is 38.5 Å². The first-order valence-corrected chi connectivity index (χ1v) is 18.7. The van der Waals surface area contributed by atoms with Gasteiger partial charge < -0.3 is 33.4 Å². The molecule has 0 bridgehead atoms. The highest BCUT2D eigenvalue weighted by atomic mass is 31.2. The molecule has 0 aromatic heterocycles. The molecule has 0 amide bonds. The van der Waals surface area contributed by atoms with Gasteiger partial charge in [0.2, 0.25) is 0 Å². The molecule has 0 aliphatic carbocycles. The maximum atomic E-state index is 12.5. The summed E-state index contributed by atoms with van der Waals surface area (Å²) in [5, 5.41) is 20.6. The average molecular weight is 638 g/mol. The predicted molar refractivity (Wildman–Crippen MR) is 173 cm³/mol. The molecule has 0 spiro atoms. The molecule has 0 saturated heterocycles. The number of rotatable bonds is 31. The van der Waals surface area contributed by atoms with E-state index in [-0.39, 0.29) is 38.1 Å². The molecule has 5 unspecified atom stereocenters. The molecule has 9 nitrogen and oxygen atoms in total. The number of phosphoric ester groups is 1. The molecule has 0 aliphatic heterocycles. The fourth-order valence-electron chi connectivity index (χ4n) is 5.35. The molecular weight excluding hydrogens is 569 g/mol. The first kappa shape index (κ1) is 42.5. The van der Waals surface area contributed by atoms with Crippen LogP contribution in [0.5, 0.6) is 0 Å². The molecule has 0 fully saturated rings. The highest BCUT2D eigenvalue weighted by Crippen LogP contribution is 2.39. The van der Waals surface area contributed by atoms with Gasteiger partial charge in [0.25, 0.3) is 7.82 Å². The van der Waals surface area contributed by atoms with Crippen molar-refractivity contribution in [2.45, 2.75) is 149 Å². The Balaban J connectivity index is 5.35. The van der Waals surface area contributed by atoms with Crippen LogP contribution >= 0.6 is 7.82 Å². The van der Waals surface area contributed by atoms with E-state index in [4.69, 9.17) is 18.9 Å². The topological polar surface area (TPSA) is 125 Å². The number of hydrogen-bond acceptors (Lipinski definition) is 7. The first-order chi connectivity index (χ1) is 20.3. The number of carboxylic acids is 1. The number of ether oxygens (including phenoxy) is 1. The second-order valence-electron chi connectivity index (χ2n) is 13.4. The Bertz CT molecular complexity index is 718. The molecule has 10 heteroatoms. The second-order valence-corrected chi connectivity index (χ2v) is 14.9. The van der Waals surface area contributed by atoms with Crippen LogP contribution in [-0.4, -0.2) is 80.4 Å². The van der Waals surface area contributed by atoms with Crippen LogP contribution in [0, 0.1) is 11.8 Å². The number of phosphoric acid groups is 1. The lowest BCUT2D eigenvalue weighted by molar-refractivity contribution is -0.870. The van der Waals surface area contributed by atoms with Gasteiger partial charge in [0.1, 0.15) is 19.3 Å².